The molecule has 0 unspecified atom stereocenters. The number of rotatable bonds is 4. The SMILES string of the molecule is CC(=O)NCc1ccc(N=C(N)c2ccc(C)cc2)cc1. The number of aliphatic imine (C=N–C) groups is 1. The first kappa shape index (κ1) is 14.8. The standard InChI is InChI=1S/C17H19N3O/c1-12-3-7-15(8-4-12)17(18)20-16-9-5-14(6-10-16)11-19-13(2)21/h3-10H,11H2,1-2H3,(H2,18,20)(H,19,21). The smallest absolute Gasteiger partial charge is 0.217 e. The van der Waals surface area contributed by atoms with Crippen molar-refractivity contribution < 1.29 is 4.79 Å². The lowest BCUT2D eigenvalue weighted by Crippen LogP contribution is -2.18. The zero-order valence-electron chi connectivity index (χ0n) is 12.3. The number of aryl methyl sites for hydroxylation is 1. The first-order valence-electron chi connectivity index (χ1n) is 6.79. The number of hydrogen-bond acceptors (Lipinski definition) is 2. The molecule has 2 aromatic carbocycles. The van der Waals surface area contributed by atoms with E-state index >= 15 is 0 Å². The number of nitrogens with zero attached hydrogens (tertiary/aromatic N) is 1. The highest BCUT2D eigenvalue weighted by Gasteiger charge is 1.99. The summed E-state index contributed by atoms with van der Waals surface area (Å²) in [5, 5.41) is 2.75. The van der Waals surface area contributed by atoms with E-state index in [2.05, 4.69) is 10.3 Å². The van der Waals surface area contributed by atoms with Crippen LogP contribution in [-0.4, -0.2) is 11.7 Å². The summed E-state index contributed by atoms with van der Waals surface area (Å²) in [6.07, 6.45) is 0. The van der Waals surface area contributed by atoms with Gasteiger partial charge in [-0.3, -0.25) is 4.79 Å². The van der Waals surface area contributed by atoms with Crippen molar-refractivity contribution in [2.45, 2.75) is 20.4 Å². The van der Waals surface area contributed by atoms with E-state index in [1.165, 1.54) is 12.5 Å². The molecular weight excluding hydrogens is 262 g/mol. The van der Waals surface area contributed by atoms with Gasteiger partial charge in [0.15, 0.2) is 0 Å². The number of carbonyl (C=O) groups excluding carboxylic acids is 1. The first-order valence-corrected chi connectivity index (χ1v) is 6.79. The fraction of sp³-hybridized carbons (Fsp3) is 0.176. The number of amidine groups is 1. The highest BCUT2D eigenvalue weighted by molar-refractivity contribution is 5.99. The minimum atomic E-state index is -0.0410. The quantitative estimate of drug-likeness (QED) is 0.668. The molecule has 108 valence electrons. The Morgan fingerprint density at radius 2 is 1.71 bits per heavy atom. The number of benzene rings is 2. The van der Waals surface area contributed by atoms with Gasteiger partial charge in [-0.15, -0.1) is 0 Å². The molecule has 0 bridgehead atoms. The fourth-order valence-corrected chi connectivity index (χ4v) is 1.84. The zero-order valence-corrected chi connectivity index (χ0v) is 12.3. The third-order valence-electron chi connectivity index (χ3n) is 3.07. The lowest BCUT2D eigenvalue weighted by molar-refractivity contribution is -0.119. The van der Waals surface area contributed by atoms with Gasteiger partial charge in [0.25, 0.3) is 0 Å². The molecule has 0 fully saturated rings. The summed E-state index contributed by atoms with van der Waals surface area (Å²) in [7, 11) is 0. The Hall–Kier alpha value is -2.62. The van der Waals surface area contributed by atoms with Crippen molar-refractivity contribution in [3.8, 4) is 0 Å². The van der Waals surface area contributed by atoms with E-state index in [0.717, 1.165) is 16.8 Å². The van der Waals surface area contributed by atoms with Gasteiger partial charge >= 0.3 is 0 Å². The normalized spacial score (nSPS) is 11.2. The molecule has 0 aliphatic carbocycles. The van der Waals surface area contributed by atoms with Crippen LogP contribution in [0.2, 0.25) is 0 Å². The molecule has 0 heterocycles. The van der Waals surface area contributed by atoms with E-state index in [1.807, 2.05) is 55.5 Å². The monoisotopic (exact) mass is 281 g/mol. The Morgan fingerprint density at radius 3 is 2.29 bits per heavy atom. The van der Waals surface area contributed by atoms with Crippen LogP contribution >= 0.6 is 0 Å². The van der Waals surface area contributed by atoms with Gasteiger partial charge in [0.2, 0.25) is 5.91 Å². The third kappa shape index (κ3) is 4.45. The van der Waals surface area contributed by atoms with Crippen molar-refractivity contribution in [1.82, 2.24) is 5.32 Å². The Bertz CT molecular complexity index is 643. The van der Waals surface area contributed by atoms with Crippen LogP contribution in [0.15, 0.2) is 53.5 Å². The van der Waals surface area contributed by atoms with Gasteiger partial charge in [-0.1, -0.05) is 42.0 Å². The van der Waals surface area contributed by atoms with E-state index in [-0.39, 0.29) is 5.91 Å². The van der Waals surface area contributed by atoms with Crippen molar-refractivity contribution in [3.05, 3.63) is 65.2 Å². The number of nitrogens with two attached hydrogens (primary N) is 1. The van der Waals surface area contributed by atoms with Gasteiger partial charge in [0.05, 0.1) is 5.69 Å². The second-order valence-electron chi connectivity index (χ2n) is 4.94. The molecule has 2 rings (SSSR count). The molecule has 0 aromatic heterocycles. The van der Waals surface area contributed by atoms with Crippen molar-refractivity contribution in [1.29, 1.82) is 0 Å². The number of carbonyl (C=O) groups is 1. The van der Waals surface area contributed by atoms with Crippen LogP contribution in [0.1, 0.15) is 23.6 Å². The molecule has 4 heteroatoms. The van der Waals surface area contributed by atoms with Gasteiger partial charge < -0.3 is 11.1 Å². The molecule has 3 N–H and O–H groups in total. The minimum absolute atomic E-state index is 0.0410. The highest BCUT2D eigenvalue weighted by Crippen LogP contribution is 2.14. The van der Waals surface area contributed by atoms with Crippen molar-refractivity contribution in [2.24, 2.45) is 10.7 Å². The first-order chi connectivity index (χ1) is 10.0. The van der Waals surface area contributed by atoms with Gasteiger partial charge in [-0.05, 0) is 24.6 Å². The zero-order chi connectivity index (χ0) is 15.2. The van der Waals surface area contributed by atoms with E-state index in [1.54, 1.807) is 0 Å². The summed E-state index contributed by atoms with van der Waals surface area (Å²) in [5.74, 6) is 0.449. The molecule has 0 aliphatic heterocycles. The van der Waals surface area contributed by atoms with Gasteiger partial charge in [-0.2, -0.15) is 0 Å². The summed E-state index contributed by atoms with van der Waals surface area (Å²) >= 11 is 0. The van der Waals surface area contributed by atoms with Crippen molar-refractivity contribution >= 4 is 17.4 Å². The molecule has 21 heavy (non-hydrogen) atoms. The minimum Gasteiger partial charge on any atom is -0.383 e. The predicted octanol–water partition coefficient (Wildman–Crippen LogP) is 2.67. The van der Waals surface area contributed by atoms with E-state index in [0.29, 0.717) is 12.4 Å². The van der Waals surface area contributed by atoms with Crippen LogP contribution in [0.5, 0.6) is 0 Å². The summed E-state index contributed by atoms with van der Waals surface area (Å²) in [5.41, 5.74) is 9.92. The Kier molecular flexibility index (Phi) is 4.72. The second-order valence-corrected chi connectivity index (χ2v) is 4.94. The van der Waals surface area contributed by atoms with Crippen molar-refractivity contribution in [2.75, 3.05) is 0 Å². The average molecular weight is 281 g/mol. The maximum atomic E-state index is 10.9. The van der Waals surface area contributed by atoms with Gasteiger partial charge in [-0.25, -0.2) is 4.99 Å². The number of amides is 1. The second kappa shape index (κ2) is 6.70. The third-order valence-corrected chi connectivity index (χ3v) is 3.07. The molecule has 4 nitrogen and oxygen atoms in total. The average Bonchev–Trinajstić information content (AvgIpc) is 2.47. The molecule has 0 spiro atoms. The largest absolute Gasteiger partial charge is 0.383 e. The number of nitrogens with one attached hydrogen (secondary N) is 1. The van der Waals surface area contributed by atoms with Crippen molar-refractivity contribution in [3.63, 3.8) is 0 Å². The summed E-state index contributed by atoms with van der Waals surface area (Å²) in [4.78, 5) is 15.3. The van der Waals surface area contributed by atoms with Crippen LogP contribution in [0.3, 0.4) is 0 Å². The summed E-state index contributed by atoms with van der Waals surface area (Å²) in [6, 6.07) is 15.6. The predicted molar refractivity (Wildman–Crippen MR) is 85.5 cm³/mol. The molecule has 0 saturated carbocycles. The topological polar surface area (TPSA) is 67.5 Å². The molecule has 2 aromatic rings. The Labute approximate surface area is 124 Å². The maximum absolute atomic E-state index is 10.9. The molecular formula is C17H19N3O. The number of hydrogen-bond donors (Lipinski definition) is 2. The Balaban J connectivity index is 2.09. The lowest BCUT2D eigenvalue weighted by atomic mass is 10.1. The molecule has 1 amide bonds. The van der Waals surface area contributed by atoms with Crippen LogP contribution in [0, 0.1) is 6.92 Å². The lowest BCUT2D eigenvalue weighted by Gasteiger charge is -2.04. The fourth-order valence-electron chi connectivity index (χ4n) is 1.84. The molecule has 0 radical (unpaired) electrons. The molecule has 0 saturated heterocycles. The van der Waals surface area contributed by atoms with Gasteiger partial charge in [0.1, 0.15) is 5.84 Å². The van der Waals surface area contributed by atoms with Crippen LogP contribution in [0.25, 0.3) is 0 Å². The van der Waals surface area contributed by atoms with Crippen LogP contribution in [-0.2, 0) is 11.3 Å². The van der Waals surface area contributed by atoms with E-state index < -0.39 is 0 Å². The molecule has 0 aliphatic rings. The van der Waals surface area contributed by atoms with Crippen LogP contribution in [0.4, 0.5) is 5.69 Å². The highest BCUT2D eigenvalue weighted by atomic mass is 16.1. The molecule has 0 atom stereocenters. The van der Waals surface area contributed by atoms with Gasteiger partial charge in [0, 0.05) is 19.0 Å². The van der Waals surface area contributed by atoms with E-state index in [9.17, 15) is 4.79 Å². The summed E-state index contributed by atoms with van der Waals surface area (Å²) in [6.45, 7) is 4.05. The van der Waals surface area contributed by atoms with Crippen LogP contribution < -0.4 is 11.1 Å². The summed E-state index contributed by atoms with van der Waals surface area (Å²) < 4.78 is 0. The Morgan fingerprint density at radius 1 is 1.10 bits per heavy atom. The maximum Gasteiger partial charge on any atom is 0.217 e. The van der Waals surface area contributed by atoms with E-state index in [4.69, 9.17) is 5.73 Å².